The van der Waals surface area contributed by atoms with E-state index in [-0.39, 0.29) is 18.0 Å². The number of methoxy groups -OCH3 is 1. The third-order valence-electron chi connectivity index (χ3n) is 5.13. The van der Waals surface area contributed by atoms with Crippen LogP contribution < -0.4 is 15.1 Å². The predicted octanol–water partition coefficient (Wildman–Crippen LogP) is 5.28. The highest BCUT2D eigenvalue weighted by atomic mass is 35.5. The van der Waals surface area contributed by atoms with E-state index in [2.05, 4.69) is 24.1 Å². The van der Waals surface area contributed by atoms with E-state index in [4.69, 9.17) is 13.9 Å². The molecule has 4 aromatic rings. The van der Waals surface area contributed by atoms with Gasteiger partial charge in [0.15, 0.2) is 0 Å². The summed E-state index contributed by atoms with van der Waals surface area (Å²) in [5, 5.41) is 2.41. The Balaban J connectivity index is 0.00000272. The summed E-state index contributed by atoms with van der Waals surface area (Å²) in [4.78, 5) is 14.5. The lowest BCUT2D eigenvalue weighted by Crippen LogP contribution is -2.20. The van der Waals surface area contributed by atoms with Gasteiger partial charge < -0.3 is 18.8 Å². The summed E-state index contributed by atoms with van der Waals surface area (Å²) < 4.78 is 16.7. The second-order valence-electron chi connectivity index (χ2n) is 7.38. The van der Waals surface area contributed by atoms with Crippen molar-refractivity contribution in [3.05, 3.63) is 82.7 Å². The third-order valence-corrected chi connectivity index (χ3v) is 5.13. The van der Waals surface area contributed by atoms with Crippen molar-refractivity contribution in [2.75, 3.05) is 27.3 Å². The lowest BCUT2D eigenvalue weighted by molar-refractivity contribution is 0.258. The topological polar surface area (TPSA) is 51.9 Å². The Hall–Kier alpha value is -3.02. The Labute approximate surface area is 187 Å². The van der Waals surface area contributed by atoms with Crippen LogP contribution in [-0.2, 0) is 6.54 Å². The second-order valence-corrected chi connectivity index (χ2v) is 7.38. The largest absolute Gasteiger partial charge is 0.497 e. The Kier molecular flexibility index (Phi) is 7.55. The maximum absolute atomic E-state index is 12.2. The Morgan fingerprint density at radius 2 is 1.71 bits per heavy atom. The van der Waals surface area contributed by atoms with Gasteiger partial charge in [-0.1, -0.05) is 30.3 Å². The van der Waals surface area contributed by atoms with E-state index in [0.29, 0.717) is 23.3 Å². The maximum Gasteiger partial charge on any atom is 0.344 e. The van der Waals surface area contributed by atoms with E-state index in [1.54, 1.807) is 19.2 Å². The van der Waals surface area contributed by atoms with Gasteiger partial charge in [-0.2, -0.15) is 0 Å². The summed E-state index contributed by atoms with van der Waals surface area (Å²) in [6.07, 6.45) is 0.889. The standard InChI is InChI=1S/C25H25NO4.ClH/c1-26(17-18-7-5-8-19(15-18)28-2)13-6-14-29-20-11-12-22-21-9-3-4-10-23(21)25(27)30-24(22)16-20;/h3-5,7-12,15-16H,6,13-14,17H2,1-2H3;1H. The number of rotatable bonds is 8. The molecule has 5 nitrogen and oxygen atoms in total. The third kappa shape index (κ3) is 5.37. The second kappa shape index (κ2) is 10.3. The monoisotopic (exact) mass is 439 g/mol. The molecule has 0 saturated carbocycles. The number of ether oxygens (including phenoxy) is 2. The summed E-state index contributed by atoms with van der Waals surface area (Å²) >= 11 is 0. The summed E-state index contributed by atoms with van der Waals surface area (Å²) in [5.41, 5.74) is 1.44. The summed E-state index contributed by atoms with van der Waals surface area (Å²) in [7, 11) is 3.77. The molecule has 0 unspecified atom stereocenters. The molecule has 0 saturated heterocycles. The molecule has 0 N–H and O–H groups in total. The molecule has 0 aliphatic heterocycles. The minimum absolute atomic E-state index is 0. The molecule has 4 rings (SSSR count). The number of fused-ring (bicyclic) bond motifs is 3. The predicted molar refractivity (Wildman–Crippen MR) is 127 cm³/mol. The summed E-state index contributed by atoms with van der Waals surface area (Å²) in [6, 6.07) is 21.3. The van der Waals surface area contributed by atoms with Crippen molar-refractivity contribution in [3.8, 4) is 11.5 Å². The molecule has 0 spiro atoms. The van der Waals surface area contributed by atoms with E-state index in [9.17, 15) is 4.79 Å². The molecule has 3 aromatic carbocycles. The average molecular weight is 440 g/mol. The first-order valence-corrected chi connectivity index (χ1v) is 10.0. The van der Waals surface area contributed by atoms with Crippen molar-refractivity contribution in [1.29, 1.82) is 0 Å². The molecule has 0 aliphatic carbocycles. The van der Waals surface area contributed by atoms with Crippen LogP contribution in [0.3, 0.4) is 0 Å². The van der Waals surface area contributed by atoms with Gasteiger partial charge in [0.05, 0.1) is 19.1 Å². The molecule has 162 valence electrons. The van der Waals surface area contributed by atoms with Crippen molar-refractivity contribution in [2.45, 2.75) is 13.0 Å². The molecule has 1 aromatic heterocycles. The van der Waals surface area contributed by atoms with Crippen LogP contribution >= 0.6 is 12.4 Å². The molecule has 0 aliphatic rings. The molecule has 1 heterocycles. The summed E-state index contributed by atoms with van der Waals surface area (Å²) in [5.74, 6) is 1.58. The lowest BCUT2D eigenvalue weighted by Gasteiger charge is -2.17. The fourth-order valence-electron chi connectivity index (χ4n) is 3.64. The number of hydrogen-bond acceptors (Lipinski definition) is 5. The van der Waals surface area contributed by atoms with Crippen LogP contribution in [0.1, 0.15) is 12.0 Å². The Bertz CT molecular complexity index is 1220. The fraction of sp³-hybridized carbons (Fsp3) is 0.240. The van der Waals surface area contributed by atoms with Crippen LogP contribution in [0.25, 0.3) is 21.7 Å². The van der Waals surface area contributed by atoms with Gasteiger partial charge in [-0.05, 0) is 54.8 Å². The van der Waals surface area contributed by atoms with Gasteiger partial charge in [0.1, 0.15) is 17.1 Å². The number of hydrogen-bond donors (Lipinski definition) is 0. The van der Waals surface area contributed by atoms with Gasteiger partial charge in [-0.15, -0.1) is 12.4 Å². The zero-order valence-corrected chi connectivity index (χ0v) is 18.5. The average Bonchev–Trinajstić information content (AvgIpc) is 2.77. The van der Waals surface area contributed by atoms with Crippen LogP contribution in [0, 0.1) is 0 Å². The minimum Gasteiger partial charge on any atom is -0.497 e. The lowest BCUT2D eigenvalue weighted by atomic mass is 10.1. The molecule has 0 fully saturated rings. The molecular formula is C25H26ClNO4. The highest BCUT2D eigenvalue weighted by Crippen LogP contribution is 2.26. The molecular weight excluding hydrogens is 414 g/mol. The Morgan fingerprint density at radius 3 is 2.52 bits per heavy atom. The molecule has 6 heteroatoms. The van der Waals surface area contributed by atoms with E-state index in [1.165, 1.54) is 5.56 Å². The normalized spacial score (nSPS) is 10.9. The molecule has 0 radical (unpaired) electrons. The smallest absolute Gasteiger partial charge is 0.344 e. The van der Waals surface area contributed by atoms with E-state index < -0.39 is 0 Å². The first kappa shape index (κ1) is 22.7. The minimum atomic E-state index is -0.325. The van der Waals surface area contributed by atoms with Crippen LogP contribution in [0.2, 0.25) is 0 Å². The van der Waals surface area contributed by atoms with Crippen LogP contribution in [0.15, 0.2) is 75.9 Å². The highest BCUT2D eigenvalue weighted by molar-refractivity contribution is 6.04. The van der Waals surface area contributed by atoms with Crippen molar-refractivity contribution in [3.63, 3.8) is 0 Å². The summed E-state index contributed by atoms with van der Waals surface area (Å²) in [6.45, 7) is 2.35. The number of nitrogens with zero attached hydrogens (tertiary/aromatic N) is 1. The highest BCUT2D eigenvalue weighted by Gasteiger charge is 2.08. The van der Waals surface area contributed by atoms with Crippen molar-refractivity contribution < 1.29 is 13.9 Å². The number of benzene rings is 3. The zero-order chi connectivity index (χ0) is 20.9. The van der Waals surface area contributed by atoms with Gasteiger partial charge in [0.25, 0.3) is 0 Å². The van der Waals surface area contributed by atoms with Crippen molar-refractivity contribution in [2.24, 2.45) is 0 Å². The first-order valence-electron chi connectivity index (χ1n) is 10.0. The first-order chi connectivity index (χ1) is 14.6. The molecule has 31 heavy (non-hydrogen) atoms. The maximum atomic E-state index is 12.2. The van der Waals surface area contributed by atoms with Crippen LogP contribution in [0.5, 0.6) is 11.5 Å². The van der Waals surface area contributed by atoms with E-state index >= 15 is 0 Å². The zero-order valence-electron chi connectivity index (χ0n) is 17.7. The van der Waals surface area contributed by atoms with Crippen molar-refractivity contribution in [1.82, 2.24) is 4.90 Å². The van der Waals surface area contributed by atoms with Crippen LogP contribution in [-0.4, -0.2) is 32.2 Å². The van der Waals surface area contributed by atoms with E-state index in [1.807, 2.05) is 42.5 Å². The van der Waals surface area contributed by atoms with Gasteiger partial charge >= 0.3 is 5.63 Å². The van der Waals surface area contributed by atoms with Gasteiger partial charge in [-0.3, -0.25) is 0 Å². The van der Waals surface area contributed by atoms with Gasteiger partial charge in [-0.25, -0.2) is 4.79 Å². The van der Waals surface area contributed by atoms with Gasteiger partial charge in [0, 0.05) is 24.5 Å². The van der Waals surface area contributed by atoms with E-state index in [0.717, 1.165) is 36.0 Å². The number of halogens is 1. The SMILES string of the molecule is COc1cccc(CN(C)CCCOc2ccc3c(c2)oc(=O)c2ccccc23)c1.Cl. The molecule has 0 atom stereocenters. The molecule has 0 bridgehead atoms. The molecule has 0 amide bonds. The fourth-order valence-corrected chi connectivity index (χ4v) is 3.64. The van der Waals surface area contributed by atoms with Crippen LogP contribution in [0.4, 0.5) is 0 Å². The van der Waals surface area contributed by atoms with Gasteiger partial charge in [0.2, 0.25) is 0 Å². The van der Waals surface area contributed by atoms with Crippen molar-refractivity contribution >= 4 is 34.1 Å². The quantitative estimate of drug-likeness (QED) is 0.212. The Morgan fingerprint density at radius 1 is 0.903 bits per heavy atom.